The van der Waals surface area contributed by atoms with Gasteiger partial charge in [0, 0.05) is 34.8 Å². The van der Waals surface area contributed by atoms with E-state index in [1.165, 1.54) is 30.7 Å². The third-order valence-corrected chi connectivity index (χ3v) is 8.09. The molecule has 1 aliphatic rings. The Morgan fingerprint density at radius 2 is 1.79 bits per heavy atom. The fraction of sp³-hybridized carbons (Fsp3) is 0.200. The molecule has 1 atom stereocenters. The van der Waals surface area contributed by atoms with Gasteiger partial charge >= 0.3 is 0 Å². The molecule has 1 aromatic heterocycles. The van der Waals surface area contributed by atoms with Crippen LogP contribution in [0.25, 0.3) is 10.9 Å². The summed E-state index contributed by atoms with van der Waals surface area (Å²) in [5, 5.41) is 0.926. The molecule has 5 rings (SSSR count). The highest BCUT2D eigenvalue weighted by molar-refractivity contribution is 7.89. The maximum absolute atomic E-state index is 15.1. The molecular formula is C25H22F2N2O4S. The summed E-state index contributed by atoms with van der Waals surface area (Å²) < 4.78 is 69.1. The smallest absolute Gasteiger partial charge is 0.247 e. The summed E-state index contributed by atoms with van der Waals surface area (Å²) in [6.07, 6.45) is 0.401. The largest absolute Gasteiger partial charge is 0.497 e. The van der Waals surface area contributed by atoms with Gasteiger partial charge in [0.1, 0.15) is 28.0 Å². The summed E-state index contributed by atoms with van der Waals surface area (Å²) in [6, 6.07) is 14.0. The first-order valence-corrected chi connectivity index (χ1v) is 12.1. The standard InChI is InChI=1S/C25H22F2N2O4S/c1-32-16-8-10-22(33-2)23(14-16)34(30,31)29-12-11-18-17-5-3-4-6-21(17)28-24(18)25(29)19-13-15(26)7-9-20(19)27/h3-10,13-14,25,28H,11-12H2,1-2H3/t25-/m1/s1. The van der Waals surface area contributed by atoms with Crippen LogP contribution in [0.3, 0.4) is 0 Å². The number of sulfonamides is 1. The summed E-state index contributed by atoms with van der Waals surface area (Å²) in [4.78, 5) is 3.15. The first kappa shape index (κ1) is 22.4. The Morgan fingerprint density at radius 3 is 2.56 bits per heavy atom. The number of para-hydroxylation sites is 1. The lowest BCUT2D eigenvalue weighted by molar-refractivity contribution is 0.328. The second-order valence-corrected chi connectivity index (χ2v) is 9.87. The van der Waals surface area contributed by atoms with Crippen molar-refractivity contribution in [3.05, 3.63) is 89.1 Å². The molecule has 0 amide bonds. The number of ether oxygens (including phenoxy) is 2. The summed E-state index contributed by atoms with van der Waals surface area (Å²) in [5.74, 6) is -0.899. The van der Waals surface area contributed by atoms with Crippen molar-refractivity contribution in [3.63, 3.8) is 0 Å². The number of benzene rings is 3. The zero-order valence-electron chi connectivity index (χ0n) is 18.5. The fourth-order valence-corrected chi connectivity index (χ4v) is 6.38. The molecule has 0 radical (unpaired) electrons. The molecule has 0 aliphatic carbocycles. The van der Waals surface area contributed by atoms with Crippen LogP contribution >= 0.6 is 0 Å². The Labute approximate surface area is 195 Å². The molecule has 1 aliphatic heterocycles. The molecule has 9 heteroatoms. The summed E-state index contributed by atoms with van der Waals surface area (Å²) in [6.45, 7) is 0.0676. The van der Waals surface area contributed by atoms with Crippen molar-refractivity contribution < 1.29 is 26.7 Å². The average Bonchev–Trinajstić information content (AvgIpc) is 3.23. The van der Waals surface area contributed by atoms with Crippen LogP contribution in [-0.4, -0.2) is 38.5 Å². The van der Waals surface area contributed by atoms with Crippen molar-refractivity contribution >= 4 is 20.9 Å². The first-order chi connectivity index (χ1) is 16.3. The Balaban J connectivity index is 1.76. The zero-order valence-corrected chi connectivity index (χ0v) is 19.3. The van der Waals surface area contributed by atoms with Gasteiger partial charge in [-0.3, -0.25) is 0 Å². The van der Waals surface area contributed by atoms with Gasteiger partial charge < -0.3 is 14.5 Å². The minimum atomic E-state index is -4.23. The van der Waals surface area contributed by atoms with E-state index >= 15 is 4.39 Å². The van der Waals surface area contributed by atoms with Crippen molar-refractivity contribution in [2.45, 2.75) is 17.4 Å². The second-order valence-electron chi connectivity index (χ2n) is 8.01. The number of methoxy groups -OCH3 is 2. The second kappa shape index (κ2) is 8.41. The number of H-pyrrole nitrogens is 1. The highest BCUT2D eigenvalue weighted by Crippen LogP contribution is 2.43. The number of rotatable bonds is 5. The number of hydrogen-bond donors (Lipinski definition) is 1. The number of hydrogen-bond acceptors (Lipinski definition) is 4. The SMILES string of the molecule is COc1ccc(OC)c(S(=O)(=O)N2CCc3c([nH]c4ccccc34)[C@H]2c2cc(F)ccc2F)c1. The van der Waals surface area contributed by atoms with Crippen LogP contribution in [0.15, 0.2) is 65.6 Å². The highest BCUT2D eigenvalue weighted by atomic mass is 32.2. The maximum Gasteiger partial charge on any atom is 0.247 e. The van der Waals surface area contributed by atoms with Crippen molar-refractivity contribution in [1.82, 2.24) is 9.29 Å². The van der Waals surface area contributed by atoms with E-state index in [4.69, 9.17) is 9.47 Å². The molecular weight excluding hydrogens is 462 g/mol. The van der Waals surface area contributed by atoms with E-state index in [0.29, 0.717) is 17.9 Å². The maximum atomic E-state index is 15.1. The van der Waals surface area contributed by atoms with Gasteiger partial charge in [-0.05, 0) is 48.4 Å². The van der Waals surface area contributed by atoms with Crippen molar-refractivity contribution in [3.8, 4) is 11.5 Å². The van der Waals surface area contributed by atoms with E-state index in [1.807, 2.05) is 24.3 Å². The van der Waals surface area contributed by atoms with E-state index in [-0.39, 0.29) is 22.8 Å². The van der Waals surface area contributed by atoms with Crippen LogP contribution in [0, 0.1) is 11.6 Å². The lowest BCUT2D eigenvalue weighted by atomic mass is 9.94. The van der Waals surface area contributed by atoms with Gasteiger partial charge in [0.15, 0.2) is 0 Å². The van der Waals surface area contributed by atoms with E-state index in [2.05, 4.69) is 4.98 Å². The Hall–Kier alpha value is -3.43. The lowest BCUT2D eigenvalue weighted by Gasteiger charge is -2.35. The van der Waals surface area contributed by atoms with Crippen molar-refractivity contribution in [2.24, 2.45) is 0 Å². The number of aromatic amines is 1. The quantitative estimate of drug-likeness (QED) is 0.442. The molecule has 6 nitrogen and oxygen atoms in total. The summed E-state index contributed by atoms with van der Waals surface area (Å²) in [7, 11) is -1.42. The molecule has 34 heavy (non-hydrogen) atoms. The van der Waals surface area contributed by atoms with Crippen LogP contribution in [0.1, 0.15) is 22.9 Å². The van der Waals surface area contributed by atoms with Crippen LogP contribution in [0.5, 0.6) is 11.5 Å². The molecule has 0 spiro atoms. The molecule has 0 fully saturated rings. The van der Waals surface area contributed by atoms with Gasteiger partial charge in [-0.1, -0.05) is 18.2 Å². The summed E-state index contributed by atoms with van der Waals surface area (Å²) in [5.41, 5.74) is 2.13. The molecule has 3 aromatic carbocycles. The van der Waals surface area contributed by atoms with Gasteiger partial charge in [-0.2, -0.15) is 4.31 Å². The zero-order chi connectivity index (χ0) is 24.0. The topological polar surface area (TPSA) is 71.6 Å². The number of aromatic nitrogens is 1. The van der Waals surface area contributed by atoms with Crippen molar-refractivity contribution in [1.29, 1.82) is 0 Å². The number of fused-ring (bicyclic) bond motifs is 3. The van der Waals surface area contributed by atoms with E-state index in [0.717, 1.165) is 34.7 Å². The van der Waals surface area contributed by atoms with Gasteiger partial charge in [0.05, 0.1) is 20.3 Å². The number of nitrogens with zero attached hydrogens (tertiary/aromatic N) is 1. The normalized spacial score (nSPS) is 16.4. The minimum Gasteiger partial charge on any atom is -0.497 e. The van der Waals surface area contributed by atoms with E-state index < -0.39 is 27.7 Å². The molecule has 0 saturated carbocycles. The molecule has 1 N–H and O–H groups in total. The predicted octanol–water partition coefficient (Wildman–Crippen LogP) is 4.80. The number of nitrogens with one attached hydrogen (secondary N) is 1. The van der Waals surface area contributed by atoms with Gasteiger partial charge in [-0.25, -0.2) is 17.2 Å². The monoisotopic (exact) mass is 484 g/mol. The van der Waals surface area contributed by atoms with Crippen LogP contribution in [0.2, 0.25) is 0 Å². The first-order valence-electron chi connectivity index (χ1n) is 10.6. The van der Waals surface area contributed by atoms with Gasteiger partial charge in [-0.15, -0.1) is 0 Å². The van der Waals surface area contributed by atoms with Gasteiger partial charge in [0.2, 0.25) is 10.0 Å². The summed E-state index contributed by atoms with van der Waals surface area (Å²) >= 11 is 0. The van der Waals surface area contributed by atoms with Crippen LogP contribution < -0.4 is 9.47 Å². The van der Waals surface area contributed by atoms with Crippen LogP contribution in [-0.2, 0) is 16.4 Å². The van der Waals surface area contributed by atoms with E-state index in [1.54, 1.807) is 6.07 Å². The Kier molecular flexibility index (Phi) is 5.53. The van der Waals surface area contributed by atoms with Gasteiger partial charge in [0.25, 0.3) is 0 Å². The molecule has 0 saturated heterocycles. The highest BCUT2D eigenvalue weighted by Gasteiger charge is 2.41. The lowest BCUT2D eigenvalue weighted by Crippen LogP contribution is -2.41. The fourth-order valence-electron chi connectivity index (χ4n) is 4.62. The molecule has 0 unspecified atom stereocenters. The Morgan fingerprint density at radius 1 is 1.00 bits per heavy atom. The minimum absolute atomic E-state index is 0.0676. The third kappa shape index (κ3) is 3.52. The third-order valence-electron chi connectivity index (χ3n) is 6.20. The molecule has 0 bridgehead atoms. The van der Waals surface area contributed by atoms with E-state index in [9.17, 15) is 12.8 Å². The average molecular weight is 485 g/mol. The predicted molar refractivity (Wildman–Crippen MR) is 124 cm³/mol. The molecule has 4 aromatic rings. The number of halogens is 2. The Bertz CT molecular complexity index is 1500. The van der Waals surface area contributed by atoms with Crippen LogP contribution in [0.4, 0.5) is 8.78 Å². The molecule has 176 valence electrons. The molecule has 2 heterocycles. The van der Waals surface area contributed by atoms with Crippen molar-refractivity contribution in [2.75, 3.05) is 20.8 Å².